The van der Waals surface area contributed by atoms with Crippen molar-refractivity contribution in [1.29, 1.82) is 0 Å². The monoisotopic (exact) mass is 357 g/mol. The Morgan fingerprint density at radius 2 is 1.96 bits per heavy atom. The maximum Gasteiger partial charge on any atom is 0.259 e. The lowest BCUT2D eigenvalue weighted by atomic mass is 10.1. The van der Waals surface area contributed by atoms with Crippen molar-refractivity contribution in [3.05, 3.63) is 56.4 Å². The molecular weight excluding hydrogens is 334 g/mol. The summed E-state index contributed by atoms with van der Waals surface area (Å²) in [6.07, 6.45) is 0. The van der Waals surface area contributed by atoms with E-state index in [2.05, 4.69) is 16.8 Å². The van der Waals surface area contributed by atoms with Crippen LogP contribution in [0.3, 0.4) is 0 Å². The summed E-state index contributed by atoms with van der Waals surface area (Å²) in [5, 5.41) is 0.719. The van der Waals surface area contributed by atoms with Crippen LogP contribution in [-0.2, 0) is 6.54 Å². The zero-order chi connectivity index (χ0) is 18.1. The number of fused-ring (bicyclic) bond motifs is 1. The molecule has 132 valence electrons. The zero-order valence-electron chi connectivity index (χ0n) is 15.2. The number of H-pyrrole nitrogens is 1. The lowest BCUT2D eigenvalue weighted by Gasteiger charge is -2.24. The van der Waals surface area contributed by atoms with Crippen LogP contribution in [0.2, 0.25) is 0 Å². The molecule has 3 aromatic rings. The van der Waals surface area contributed by atoms with Crippen LogP contribution >= 0.6 is 11.3 Å². The Labute approximate surface area is 151 Å². The lowest BCUT2D eigenvalue weighted by Crippen LogP contribution is -2.25. The van der Waals surface area contributed by atoms with E-state index in [0.29, 0.717) is 5.82 Å². The van der Waals surface area contributed by atoms with Crippen LogP contribution in [0.25, 0.3) is 10.2 Å². The molecule has 1 atom stereocenters. The van der Waals surface area contributed by atoms with Gasteiger partial charge < -0.3 is 9.72 Å². The third kappa shape index (κ3) is 3.45. The number of hydrogen-bond acceptors (Lipinski definition) is 5. The van der Waals surface area contributed by atoms with Gasteiger partial charge >= 0.3 is 0 Å². The summed E-state index contributed by atoms with van der Waals surface area (Å²) < 4.78 is 5.19. The van der Waals surface area contributed by atoms with Crippen LogP contribution in [0.15, 0.2) is 29.1 Å². The number of benzene rings is 1. The van der Waals surface area contributed by atoms with Crippen LogP contribution in [-0.4, -0.2) is 29.0 Å². The van der Waals surface area contributed by atoms with Crippen LogP contribution in [0.5, 0.6) is 5.75 Å². The Bertz CT molecular complexity index is 944. The van der Waals surface area contributed by atoms with Crippen molar-refractivity contribution < 1.29 is 4.74 Å². The van der Waals surface area contributed by atoms with Gasteiger partial charge in [-0.3, -0.25) is 9.69 Å². The molecule has 1 N–H and O–H groups in total. The molecule has 6 heteroatoms. The molecule has 0 aliphatic carbocycles. The summed E-state index contributed by atoms with van der Waals surface area (Å²) >= 11 is 1.58. The first-order valence-electron chi connectivity index (χ1n) is 8.23. The fraction of sp³-hybridized carbons (Fsp3) is 0.368. The highest BCUT2D eigenvalue weighted by Gasteiger charge is 2.18. The van der Waals surface area contributed by atoms with Gasteiger partial charge in [0, 0.05) is 11.4 Å². The highest BCUT2D eigenvalue weighted by atomic mass is 32.1. The van der Waals surface area contributed by atoms with Crippen LogP contribution in [0.1, 0.15) is 34.8 Å². The van der Waals surface area contributed by atoms with Gasteiger partial charge in [-0.15, -0.1) is 11.3 Å². The molecule has 0 fully saturated rings. The molecule has 0 saturated carbocycles. The molecule has 2 heterocycles. The van der Waals surface area contributed by atoms with Gasteiger partial charge in [0.05, 0.1) is 18.5 Å². The SMILES string of the molecule is COc1ccc(CN(C)C(C)c2nc3sc(C)c(C)c3c(=O)[nH]2)cc1. The normalized spacial score (nSPS) is 12.7. The Morgan fingerprint density at radius 3 is 2.60 bits per heavy atom. The third-order valence-corrected chi connectivity index (χ3v) is 5.81. The number of aryl methyl sites for hydroxylation is 2. The molecule has 0 aliphatic heterocycles. The first-order valence-corrected chi connectivity index (χ1v) is 9.05. The van der Waals surface area contributed by atoms with Gasteiger partial charge in [0.15, 0.2) is 0 Å². The summed E-state index contributed by atoms with van der Waals surface area (Å²) in [6, 6.07) is 8.01. The predicted molar refractivity (Wildman–Crippen MR) is 103 cm³/mol. The van der Waals surface area contributed by atoms with Gasteiger partial charge in [0.2, 0.25) is 0 Å². The van der Waals surface area contributed by atoms with Gasteiger partial charge in [-0.05, 0) is 51.1 Å². The summed E-state index contributed by atoms with van der Waals surface area (Å²) in [5.41, 5.74) is 2.16. The maximum atomic E-state index is 12.5. The number of methoxy groups -OCH3 is 1. The van der Waals surface area contributed by atoms with E-state index in [9.17, 15) is 4.79 Å². The molecule has 25 heavy (non-hydrogen) atoms. The van der Waals surface area contributed by atoms with Gasteiger partial charge in [-0.2, -0.15) is 0 Å². The van der Waals surface area contributed by atoms with E-state index in [1.54, 1.807) is 18.4 Å². The summed E-state index contributed by atoms with van der Waals surface area (Å²) in [5.74, 6) is 1.55. The van der Waals surface area contributed by atoms with Crippen molar-refractivity contribution in [3.8, 4) is 5.75 Å². The molecule has 3 rings (SSSR count). The second kappa shape index (κ2) is 6.98. The van der Waals surface area contributed by atoms with Crippen molar-refractivity contribution in [1.82, 2.24) is 14.9 Å². The minimum absolute atomic E-state index is 0.00177. The van der Waals surface area contributed by atoms with E-state index in [-0.39, 0.29) is 11.6 Å². The van der Waals surface area contributed by atoms with Gasteiger partial charge in [-0.25, -0.2) is 4.98 Å². The number of thiophene rings is 1. The molecule has 0 bridgehead atoms. The largest absolute Gasteiger partial charge is 0.497 e. The Balaban J connectivity index is 1.85. The summed E-state index contributed by atoms with van der Waals surface area (Å²) in [6.45, 7) is 6.82. The average molecular weight is 357 g/mol. The number of ether oxygens (including phenoxy) is 1. The number of nitrogens with one attached hydrogen (secondary N) is 1. The van der Waals surface area contributed by atoms with Gasteiger partial charge in [0.25, 0.3) is 5.56 Å². The fourth-order valence-corrected chi connectivity index (χ4v) is 3.87. The second-order valence-electron chi connectivity index (χ2n) is 6.35. The first-order chi connectivity index (χ1) is 11.9. The number of aromatic amines is 1. The molecule has 5 nitrogen and oxygen atoms in total. The van der Waals surface area contributed by atoms with Crippen LogP contribution < -0.4 is 10.3 Å². The lowest BCUT2D eigenvalue weighted by molar-refractivity contribution is 0.244. The minimum atomic E-state index is -0.0495. The van der Waals surface area contributed by atoms with E-state index in [1.807, 2.05) is 45.2 Å². The van der Waals surface area contributed by atoms with Crippen LogP contribution in [0, 0.1) is 13.8 Å². The van der Waals surface area contributed by atoms with E-state index in [1.165, 1.54) is 5.56 Å². The Hall–Kier alpha value is -2.18. The Morgan fingerprint density at radius 1 is 1.28 bits per heavy atom. The standard InChI is InChI=1S/C19H23N3O2S/c1-11-13(3)25-19-16(11)18(23)20-17(21-19)12(2)22(4)10-14-6-8-15(24-5)9-7-14/h6-9,12H,10H2,1-5H3,(H,20,21,23). The van der Waals surface area contributed by atoms with Crippen molar-refractivity contribution in [2.24, 2.45) is 0 Å². The van der Waals surface area contributed by atoms with E-state index in [4.69, 9.17) is 9.72 Å². The number of nitrogens with zero attached hydrogens (tertiary/aromatic N) is 2. The average Bonchev–Trinajstić information content (AvgIpc) is 2.89. The van der Waals surface area contributed by atoms with Crippen molar-refractivity contribution in [2.45, 2.75) is 33.4 Å². The van der Waals surface area contributed by atoms with E-state index >= 15 is 0 Å². The quantitative estimate of drug-likeness (QED) is 0.754. The molecule has 0 amide bonds. The van der Waals surface area contributed by atoms with Crippen molar-refractivity contribution in [2.75, 3.05) is 14.2 Å². The topological polar surface area (TPSA) is 58.2 Å². The molecule has 0 spiro atoms. The summed E-state index contributed by atoms with van der Waals surface area (Å²) in [7, 11) is 3.69. The molecule has 0 aliphatic rings. The van der Waals surface area contributed by atoms with E-state index in [0.717, 1.165) is 33.0 Å². The maximum absolute atomic E-state index is 12.5. The predicted octanol–water partition coefficient (Wildman–Crippen LogP) is 3.80. The fourth-order valence-electron chi connectivity index (χ4n) is 2.83. The molecule has 0 saturated heterocycles. The highest BCUT2D eigenvalue weighted by molar-refractivity contribution is 7.18. The third-order valence-electron chi connectivity index (χ3n) is 4.71. The van der Waals surface area contributed by atoms with Crippen molar-refractivity contribution in [3.63, 3.8) is 0 Å². The van der Waals surface area contributed by atoms with Gasteiger partial charge in [-0.1, -0.05) is 12.1 Å². The smallest absolute Gasteiger partial charge is 0.259 e. The zero-order valence-corrected chi connectivity index (χ0v) is 16.0. The molecule has 1 aromatic carbocycles. The van der Waals surface area contributed by atoms with Crippen LogP contribution in [0.4, 0.5) is 0 Å². The molecule has 1 unspecified atom stereocenters. The molecule has 0 radical (unpaired) electrons. The Kier molecular flexibility index (Phi) is 4.92. The number of rotatable bonds is 5. The number of hydrogen-bond donors (Lipinski definition) is 1. The van der Waals surface area contributed by atoms with Crippen molar-refractivity contribution >= 4 is 21.6 Å². The summed E-state index contributed by atoms with van der Waals surface area (Å²) in [4.78, 5) is 24.3. The number of aromatic nitrogens is 2. The second-order valence-corrected chi connectivity index (χ2v) is 7.56. The van der Waals surface area contributed by atoms with Gasteiger partial charge in [0.1, 0.15) is 16.4 Å². The molecule has 2 aromatic heterocycles. The first kappa shape index (κ1) is 17.6. The highest BCUT2D eigenvalue weighted by Crippen LogP contribution is 2.27. The van der Waals surface area contributed by atoms with E-state index < -0.39 is 0 Å². The minimum Gasteiger partial charge on any atom is -0.497 e. The molecular formula is C19H23N3O2S.